The van der Waals surface area contributed by atoms with E-state index in [1.54, 1.807) is 7.11 Å². The van der Waals surface area contributed by atoms with Gasteiger partial charge in [-0.15, -0.1) is 0 Å². The van der Waals surface area contributed by atoms with Gasteiger partial charge >= 0.3 is 0 Å². The van der Waals surface area contributed by atoms with Gasteiger partial charge in [0.15, 0.2) is 0 Å². The van der Waals surface area contributed by atoms with Crippen molar-refractivity contribution in [2.45, 2.75) is 6.54 Å². The minimum absolute atomic E-state index is 0.475. The summed E-state index contributed by atoms with van der Waals surface area (Å²) in [5.41, 5.74) is 8.38. The lowest BCUT2D eigenvalue weighted by atomic mass is 10.1. The van der Waals surface area contributed by atoms with Crippen LogP contribution in [-0.4, -0.2) is 17.3 Å². The minimum atomic E-state index is 0.475. The Hall–Kier alpha value is -1.81. The van der Waals surface area contributed by atoms with E-state index in [0.29, 0.717) is 6.54 Å². The molecule has 1 aromatic heterocycles. The van der Waals surface area contributed by atoms with Crippen LogP contribution in [0.4, 0.5) is 0 Å². The summed E-state index contributed by atoms with van der Waals surface area (Å²) in [5.74, 6) is 0.841. The zero-order valence-corrected chi connectivity index (χ0v) is 8.53. The third-order valence-electron chi connectivity index (χ3n) is 2.24. The van der Waals surface area contributed by atoms with Crippen molar-refractivity contribution in [1.82, 2.24) is 10.2 Å². The molecule has 0 saturated carbocycles. The molecular weight excluding hydrogens is 190 g/mol. The van der Waals surface area contributed by atoms with Crippen LogP contribution >= 0.6 is 0 Å². The number of benzene rings is 1. The highest BCUT2D eigenvalue weighted by atomic mass is 16.5. The van der Waals surface area contributed by atoms with Crippen LogP contribution in [0.25, 0.3) is 11.3 Å². The lowest BCUT2D eigenvalue weighted by Gasteiger charge is -1.99. The van der Waals surface area contributed by atoms with E-state index in [0.717, 1.165) is 22.7 Å². The van der Waals surface area contributed by atoms with Gasteiger partial charge in [-0.1, -0.05) is 0 Å². The predicted molar refractivity (Wildman–Crippen MR) is 58.5 cm³/mol. The molecule has 0 atom stereocenters. The Kier molecular flexibility index (Phi) is 2.69. The van der Waals surface area contributed by atoms with Gasteiger partial charge in [0.1, 0.15) is 5.75 Å². The van der Waals surface area contributed by atoms with Crippen LogP contribution in [0.3, 0.4) is 0 Å². The molecule has 3 N–H and O–H groups in total. The molecule has 1 aromatic carbocycles. The second-order valence-electron chi connectivity index (χ2n) is 3.21. The van der Waals surface area contributed by atoms with Crippen LogP contribution in [0.1, 0.15) is 5.69 Å². The molecule has 15 heavy (non-hydrogen) atoms. The van der Waals surface area contributed by atoms with Crippen LogP contribution in [0, 0.1) is 0 Å². The van der Waals surface area contributed by atoms with Gasteiger partial charge < -0.3 is 10.5 Å². The second kappa shape index (κ2) is 4.14. The lowest BCUT2D eigenvalue weighted by Crippen LogP contribution is -1.95. The highest BCUT2D eigenvalue weighted by Crippen LogP contribution is 2.20. The van der Waals surface area contributed by atoms with Crippen LogP contribution in [0.15, 0.2) is 30.3 Å². The van der Waals surface area contributed by atoms with Crippen molar-refractivity contribution in [3.63, 3.8) is 0 Å². The number of ether oxygens (including phenoxy) is 1. The maximum Gasteiger partial charge on any atom is 0.118 e. The number of nitrogens with two attached hydrogens (primary N) is 1. The summed E-state index contributed by atoms with van der Waals surface area (Å²) in [6, 6.07) is 9.70. The number of nitrogens with one attached hydrogen (secondary N) is 1. The maximum absolute atomic E-state index is 5.50. The first kappa shape index (κ1) is 9.73. The second-order valence-corrected chi connectivity index (χ2v) is 3.21. The third-order valence-corrected chi connectivity index (χ3v) is 2.24. The normalized spacial score (nSPS) is 10.3. The average Bonchev–Trinajstić information content (AvgIpc) is 2.78. The molecule has 0 aliphatic rings. The van der Waals surface area contributed by atoms with Crippen molar-refractivity contribution in [3.8, 4) is 17.0 Å². The van der Waals surface area contributed by atoms with Crippen molar-refractivity contribution >= 4 is 0 Å². The van der Waals surface area contributed by atoms with Gasteiger partial charge in [-0.05, 0) is 30.3 Å². The highest BCUT2D eigenvalue weighted by Gasteiger charge is 2.02. The molecule has 4 nitrogen and oxygen atoms in total. The van der Waals surface area contributed by atoms with Gasteiger partial charge in [0.05, 0.1) is 12.8 Å². The quantitative estimate of drug-likeness (QED) is 0.795. The summed E-state index contributed by atoms with van der Waals surface area (Å²) in [6.07, 6.45) is 0. The molecule has 78 valence electrons. The zero-order valence-electron chi connectivity index (χ0n) is 8.53. The Morgan fingerprint density at radius 2 is 2.07 bits per heavy atom. The van der Waals surface area contributed by atoms with Crippen molar-refractivity contribution in [2.75, 3.05) is 7.11 Å². The van der Waals surface area contributed by atoms with E-state index in [9.17, 15) is 0 Å². The summed E-state index contributed by atoms with van der Waals surface area (Å²) in [6.45, 7) is 0.475. The Balaban J connectivity index is 2.28. The third kappa shape index (κ3) is 1.99. The van der Waals surface area contributed by atoms with E-state index >= 15 is 0 Å². The molecule has 2 aromatic rings. The van der Waals surface area contributed by atoms with Crippen molar-refractivity contribution < 1.29 is 4.74 Å². The molecule has 0 radical (unpaired) electrons. The smallest absolute Gasteiger partial charge is 0.118 e. The number of aromatic nitrogens is 2. The molecule has 0 saturated heterocycles. The predicted octanol–water partition coefficient (Wildman–Crippen LogP) is 1.54. The van der Waals surface area contributed by atoms with Gasteiger partial charge in [-0.25, -0.2) is 0 Å². The Bertz CT molecular complexity index is 433. The first-order valence-electron chi connectivity index (χ1n) is 4.72. The van der Waals surface area contributed by atoms with Crippen LogP contribution < -0.4 is 10.5 Å². The number of aromatic amines is 1. The first-order chi connectivity index (χ1) is 7.33. The molecule has 2 rings (SSSR count). The molecule has 1 heterocycles. The highest BCUT2D eigenvalue weighted by molar-refractivity contribution is 5.60. The summed E-state index contributed by atoms with van der Waals surface area (Å²) in [4.78, 5) is 0. The Morgan fingerprint density at radius 3 is 2.60 bits per heavy atom. The fraction of sp³-hybridized carbons (Fsp3) is 0.182. The molecule has 0 aliphatic carbocycles. The Labute approximate surface area is 88.1 Å². The fourth-order valence-corrected chi connectivity index (χ4v) is 1.38. The largest absolute Gasteiger partial charge is 0.497 e. The van der Waals surface area contributed by atoms with Crippen LogP contribution in [0.2, 0.25) is 0 Å². The fourth-order valence-electron chi connectivity index (χ4n) is 1.38. The monoisotopic (exact) mass is 203 g/mol. The van der Waals surface area contributed by atoms with E-state index in [1.165, 1.54) is 0 Å². The number of H-pyrrole nitrogens is 1. The van der Waals surface area contributed by atoms with Gasteiger partial charge in [-0.3, -0.25) is 5.10 Å². The molecule has 0 unspecified atom stereocenters. The van der Waals surface area contributed by atoms with E-state index in [2.05, 4.69) is 10.2 Å². The van der Waals surface area contributed by atoms with E-state index in [1.807, 2.05) is 30.3 Å². The molecule has 0 amide bonds. The molecule has 4 heteroatoms. The van der Waals surface area contributed by atoms with Crippen LogP contribution in [0.5, 0.6) is 5.75 Å². The van der Waals surface area contributed by atoms with Crippen LogP contribution in [-0.2, 0) is 6.54 Å². The van der Waals surface area contributed by atoms with Gasteiger partial charge in [-0.2, -0.15) is 5.10 Å². The maximum atomic E-state index is 5.50. The molecular formula is C11H13N3O. The average molecular weight is 203 g/mol. The van der Waals surface area contributed by atoms with Crippen molar-refractivity contribution in [2.24, 2.45) is 5.73 Å². The van der Waals surface area contributed by atoms with Gasteiger partial charge in [0.25, 0.3) is 0 Å². The summed E-state index contributed by atoms with van der Waals surface area (Å²) >= 11 is 0. The van der Waals surface area contributed by atoms with E-state index in [4.69, 9.17) is 10.5 Å². The molecule has 0 fully saturated rings. The summed E-state index contributed by atoms with van der Waals surface area (Å²) in [5, 5.41) is 7.04. The lowest BCUT2D eigenvalue weighted by molar-refractivity contribution is 0.415. The van der Waals surface area contributed by atoms with Crippen molar-refractivity contribution in [3.05, 3.63) is 36.0 Å². The molecule has 0 bridgehead atoms. The van der Waals surface area contributed by atoms with Gasteiger partial charge in [0.2, 0.25) is 0 Å². The minimum Gasteiger partial charge on any atom is -0.497 e. The summed E-state index contributed by atoms with van der Waals surface area (Å²) < 4.78 is 5.08. The number of rotatable bonds is 3. The number of hydrogen-bond donors (Lipinski definition) is 2. The molecule has 0 spiro atoms. The van der Waals surface area contributed by atoms with E-state index in [-0.39, 0.29) is 0 Å². The SMILES string of the molecule is COc1ccc(-c2cc(CN)[nH]n2)cc1. The first-order valence-corrected chi connectivity index (χ1v) is 4.72. The van der Waals surface area contributed by atoms with E-state index < -0.39 is 0 Å². The Morgan fingerprint density at radius 1 is 1.33 bits per heavy atom. The summed E-state index contributed by atoms with van der Waals surface area (Å²) in [7, 11) is 1.65. The molecule has 0 aliphatic heterocycles. The standard InChI is InChI=1S/C11H13N3O/c1-15-10-4-2-8(3-5-10)11-6-9(7-12)13-14-11/h2-6H,7,12H2,1H3,(H,13,14). The number of methoxy groups -OCH3 is 1. The number of hydrogen-bond acceptors (Lipinski definition) is 3. The van der Waals surface area contributed by atoms with Gasteiger partial charge in [0, 0.05) is 17.8 Å². The zero-order chi connectivity index (χ0) is 10.7. The number of nitrogens with zero attached hydrogens (tertiary/aromatic N) is 1. The topological polar surface area (TPSA) is 63.9 Å². The van der Waals surface area contributed by atoms with Crippen molar-refractivity contribution in [1.29, 1.82) is 0 Å².